The summed E-state index contributed by atoms with van der Waals surface area (Å²) in [4.78, 5) is 7.59. The normalized spacial score (nSPS) is 10.8. The Morgan fingerprint density at radius 1 is 0.926 bits per heavy atom. The van der Waals surface area contributed by atoms with Crippen molar-refractivity contribution in [3.8, 4) is 28.7 Å². The number of para-hydroxylation sites is 1. The fourth-order valence-electron chi connectivity index (χ4n) is 2.69. The number of ether oxygens (including phenoxy) is 3. The van der Waals surface area contributed by atoms with Crippen molar-refractivity contribution in [1.82, 2.24) is 20.2 Å². The Balaban J connectivity index is 1.60. The maximum Gasteiger partial charge on any atom is 0.322 e. The van der Waals surface area contributed by atoms with Gasteiger partial charge in [-0.3, -0.25) is 5.32 Å². The molecule has 4 rings (SSSR count). The van der Waals surface area contributed by atoms with E-state index in [-0.39, 0.29) is 6.01 Å². The molecule has 0 saturated heterocycles. The third-order valence-corrected chi connectivity index (χ3v) is 3.98. The van der Waals surface area contributed by atoms with Gasteiger partial charge >= 0.3 is 6.01 Å². The van der Waals surface area contributed by atoms with Crippen LogP contribution in [0.3, 0.4) is 0 Å². The van der Waals surface area contributed by atoms with Crippen LogP contribution in [-0.2, 0) is 0 Å². The maximum atomic E-state index is 5.68. The summed E-state index contributed by atoms with van der Waals surface area (Å²) in [7, 11) is 4.75. The van der Waals surface area contributed by atoms with Crippen molar-refractivity contribution in [2.75, 3.05) is 26.6 Å². The number of hydrogen-bond donors (Lipinski definition) is 2. The second-order valence-corrected chi connectivity index (χ2v) is 5.55. The topological polar surface area (TPSA) is 107 Å². The number of imidazole rings is 1. The molecule has 27 heavy (non-hydrogen) atoms. The lowest BCUT2D eigenvalue weighted by atomic mass is 10.2. The number of nitrogens with one attached hydrogen (secondary N) is 2. The second kappa shape index (κ2) is 6.87. The Hall–Kier alpha value is -3.75. The zero-order valence-corrected chi connectivity index (χ0v) is 14.9. The second-order valence-electron chi connectivity index (χ2n) is 5.55. The summed E-state index contributed by atoms with van der Waals surface area (Å²) in [6, 6.07) is 11.2. The summed E-state index contributed by atoms with van der Waals surface area (Å²) < 4.78 is 21.5. The number of fused-ring (bicyclic) bond motifs is 1. The lowest BCUT2D eigenvalue weighted by Gasteiger charge is -2.07. The maximum absolute atomic E-state index is 5.68. The van der Waals surface area contributed by atoms with Gasteiger partial charge in [-0.25, -0.2) is 4.98 Å². The SMILES string of the molecule is COc1ccc(-c2nnc(Nc3nc4c(OC)cccc4[nH]3)o2)cc1OC. The molecule has 0 aliphatic carbocycles. The Morgan fingerprint density at radius 3 is 2.52 bits per heavy atom. The van der Waals surface area contributed by atoms with Crippen molar-refractivity contribution in [3.05, 3.63) is 36.4 Å². The molecule has 2 heterocycles. The van der Waals surface area contributed by atoms with Gasteiger partial charge in [-0.15, -0.1) is 5.10 Å². The monoisotopic (exact) mass is 367 g/mol. The Bertz CT molecular complexity index is 1090. The van der Waals surface area contributed by atoms with E-state index < -0.39 is 0 Å². The summed E-state index contributed by atoms with van der Waals surface area (Å²) in [6.07, 6.45) is 0. The molecule has 0 saturated carbocycles. The van der Waals surface area contributed by atoms with Gasteiger partial charge in [0.05, 0.1) is 26.8 Å². The van der Waals surface area contributed by atoms with Gasteiger partial charge in [0.25, 0.3) is 0 Å². The van der Waals surface area contributed by atoms with Gasteiger partial charge in [0.15, 0.2) is 11.5 Å². The smallest absolute Gasteiger partial charge is 0.322 e. The van der Waals surface area contributed by atoms with Gasteiger partial charge in [0, 0.05) is 5.56 Å². The summed E-state index contributed by atoms with van der Waals surface area (Å²) in [5.41, 5.74) is 2.25. The quantitative estimate of drug-likeness (QED) is 0.534. The molecule has 0 unspecified atom stereocenters. The Labute approximate surface area is 154 Å². The standard InChI is InChI=1S/C18H17N5O4/c1-24-12-8-7-10(9-14(12)26-3)16-22-23-18(27-16)21-17-19-11-5-4-6-13(25-2)15(11)20-17/h4-9H,1-3H3,(H2,19,20,21,23). The van der Waals surface area contributed by atoms with Crippen molar-refractivity contribution in [2.45, 2.75) is 0 Å². The van der Waals surface area contributed by atoms with Crippen molar-refractivity contribution in [3.63, 3.8) is 0 Å². The minimum Gasteiger partial charge on any atom is -0.494 e. The van der Waals surface area contributed by atoms with Gasteiger partial charge in [-0.1, -0.05) is 11.2 Å². The van der Waals surface area contributed by atoms with Gasteiger partial charge in [0.1, 0.15) is 11.3 Å². The Kier molecular flexibility index (Phi) is 4.25. The molecule has 4 aromatic rings. The third-order valence-electron chi connectivity index (χ3n) is 3.98. The van der Waals surface area contributed by atoms with Crippen LogP contribution in [0.5, 0.6) is 17.2 Å². The molecule has 0 fully saturated rings. The van der Waals surface area contributed by atoms with Crippen LogP contribution in [0.15, 0.2) is 40.8 Å². The van der Waals surface area contributed by atoms with Crippen molar-refractivity contribution in [2.24, 2.45) is 0 Å². The molecule has 0 aliphatic heterocycles. The summed E-state index contributed by atoms with van der Waals surface area (Å²) in [6.45, 7) is 0. The van der Waals surface area contributed by atoms with E-state index in [2.05, 4.69) is 25.5 Å². The highest BCUT2D eigenvalue weighted by Crippen LogP contribution is 2.32. The minimum absolute atomic E-state index is 0.206. The number of hydrogen-bond acceptors (Lipinski definition) is 8. The highest BCUT2D eigenvalue weighted by molar-refractivity contribution is 5.84. The van der Waals surface area contributed by atoms with E-state index in [0.29, 0.717) is 40.2 Å². The van der Waals surface area contributed by atoms with Crippen LogP contribution in [0, 0.1) is 0 Å². The molecule has 0 bridgehead atoms. The predicted molar refractivity (Wildman–Crippen MR) is 98.8 cm³/mol. The molecule has 138 valence electrons. The van der Waals surface area contributed by atoms with Crippen LogP contribution in [0.2, 0.25) is 0 Å². The lowest BCUT2D eigenvalue weighted by Crippen LogP contribution is -1.92. The molecule has 2 N–H and O–H groups in total. The molecular formula is C18H17N5O4. The first-order chi connectivity index (χ1) is 13.2. The average molecular weight is 367 g/mol. The third kappa shape index (κ3) is 3.10. The van der Waals surface area contributed by atoms with Gasteiger partial charge in [-0.05, 0) is 30.3 Å². The van der Waals surface area contributed by atoms with E-state index in [4.69, 9.17) is 18.6 Å². The summed E-state index contributed by atoms with van der Waals surface area (Å²) >= 11 is 0. The first-order valence-electron chi connectivity index (χ1n) is 8.07. The van der Waals surface area contributed by atoms with E-state index in [1.54, 1.807) is 33.5 Å². The van der Waals surface area contributed by atoms with E-state index in [1.165, 1.54) is 0 Å². The number of benzene rings is 2. The zero-order chi connectivity index (χ0) is 18.8. The summed E-state index contributed by atoms with van der Waals surface area (Å²) in [5.74, 6) is 2.68. The molecule has 0 atom stereocenters. The molecular weight excluding hydrogens is 350 g/mol. The fourth-order valence-corrected chi connectivity index (χ4v) is 2.69. The summed E-state index contributed by atoms with van der Waals surface area (Å²) in [5, 5.41) is 11.0. The van der Waals surface area contributed by atoms with Crippen LogP contribution >= 0.6 is 0 Å². The van der Waals surface area contributed by atoms with E-state index in [1.807, 2.05) is 24.3 Å². The van der Waals surface area contributed by atoms with Crippen molar-refractivity contribution >= 4 is 23.0 Å². The van der Waals surface area contributed by atoms with Crippen LogP contribution in [0.1, 0.15) is 0 Å². The highest BCUT2D eigenvalue weighted by atomic mass is 16.5. The van der Waals surface area contributed by atoms with Crippen molar-refractivity contribution in [1.29, 1.82) is 0 Å². The molecule has 0 radical (unpaired) electrons. The van der Waals surface area contributed by atoms with E-state index in [0.717, 1.165) is 5.52 Å². The number of H-pyrrole nitrogens is 1. The molecule has 2 aromatic heterocycles. The van der Waals surface area contributed by atoms with Crippen LogP contribution < -0.4 is 19.5 Å². The lowest BCUT2D eigenvalue weighted by molar-refractivity contribution is 0.355. The van der Waals surface area contributed by atoms with Crippen LogP contribution in [-0.4, -0.2) is 41.5 Å². The number of methoxy groups -OCH3 is 3. The first-order valence-corrected chi connectivity index (χ1v) is 8.07. The molecule has 0 spiro atoms. The van der Waals surface area contributed by atoms with E-state index >= 15 is 0 Å². The van der Waals surface area contributed by atoms with Crippen molar-refractivity contribution < 1.29 is 18.6 Å². The van der Waals surface area contributed by atoms with Gasteiger partial charge in [0.2, 0.25) is 11.8 Å². The van der Waals surface area contributed by atoms with E-state index in [9.17, 15) is 0 Å². The number of anilines is 2. The molecule has 0 amide bonds. The molecule has 2 aromatic carbocycles. The van der Waals surface area contributed by atoms with Crippen LogP contribution in [0.4, 0.5) is 12.0 Å². The average Bonchev–Trinajstić information content (AvgIpc) is 3.33. The van der Waals surface area contributed by atoms with Gasteiger partial charge < -0.3 is 23.6 Å². The number of rotatable bonds is 6. The first kappa shape index (κ1) is 16.7. The predicted octanol–water partition coefficient (Wildman–Crippen LogP) is 3.38. The largest absolute Gasteiger partial charge is 0.494 e. The van der Waals surface area contributed by atoms with Gasteiger partial charge in [-0.2, -0.15) is 0 Å². The number of aromatic amines is 1. The molecule has 0 aliphatic rings. The molecule has 9 nitrogen and oxygen atoms in total. The fraction of sp³-hybridized carbons (Fsp3) is 0.167. The Morgan fingerprint density at radius 2 is 1.74 bits per heavy atom. The number of aromatic nitrogens is 4. The highest BCUT2D eigenvalue weighted by Gasteiger charge is 2.14. The minimum atomic E-state index is 0.206. The number of nitrogens with zero attached hydrogens (tertiary/aromatic N) is 3. The zero-order valence-electron chi connectivity index (χ0n) is 14.9. The van der Waals surface area contributed by atoms with Crippen LogP contribution in [0.25, 0.3) is 22.5 Å². The molecule has 9 heteroatoms.